The minimum Gasteiger partial charge on any atom is -0.368 e. The van der Waals surface area contributed by atoms with E-state index in [0.29, 0.717) is 12.2 Å². The smallest absolute Gasteiger partial charge is 0.225 e. The van der Waals surface area contributed by atoms with Crippen molar-refractivity contribution in [3.63, 3.8) is 0 Å². The normalized spacial score (nSPS) is 12.0. The van der Waals surface area contributed by atoms with Crippen LogP contribution in [0.4, 0.5) is 11.9 Å². The number of anilines is 2. The van der Waals surface area contributed by atoms with Crippen LogP contribution in [0, 0.1) is 17.2 Å². The topological polar surface area (TPSA) is 114 Å². The zero-order valence-corrected chi connectivity index (χ0v) is 7.23. The molecule has 0 fully saturated rings. The fraction of sp³-hybridized carbons (Fsp3) is 0.429. The molecule has 4 N–H and O–H groups in total. The first-order valence-corrected chi connectivity index (χ1v) is 3.77. The van der Waals surface area contributed by atoms with Crippen molar-refractivity contribution in [3.05, 3.63) is 5.82 Å². The molecule has 0 saturated carbocycles. The number of nitrogens with zero attached hydrogens (tertiary/aromatic N) is 4. The highest BCUT2D eigenvalue weighted by Crippen LogP contribution is 2.05. The van der Waals surface area contributed by atoms with Gasteiger partial charge < -0.3 is 11.5 Å². The molecule has 0 spiro atoms. The van der Waals surface area contributed by atoms with Gasteiger partial charge in [0.1, 0.15) is 5.82 Å². The fourth-order valence-corrected chi connectivity index (χ4v) is 0.868. The van der Waals surface area contributed by atoms with Crippen molar-refractivity contribution >= 4 is 11.9 Å². The molecule has 1 aromatic heterocycles. The van der Waals surface area contributed by atoms with Crippen LogP contribution in [0.3, 0.4) is 0 Å². The molecule has 13 heavy (non-hydrogen) atoms. The van der Waals surface area contributed by atoms with Crippen molar-refractivity contribution in [2.24, 2.45) is 5.92 Å². The van der Waals surface area contributed by atoms with E-state index in [4.69, 9.17) is 16.7 Å². The maximum absolute atomic E-state index is 8.55. The summed E-state index contributed by atoms with van der Waals surface area (Å²) < 4.78 is 0. The van der Waals surface area contributed by atoms with Crippen molar-refractivity contribution in [1.82, 2.24) is 15.0 Å². The minimum absolute atomic E-state index is 0.0904. The Morgan fingerprint density at radius 1 is 1.31 bits per heavy atom. The van der Waals surface area contributed by atoms with E-state index >= 15 is 0 Å². The Bertz CT molecular complexity index is 321. The highest BCUT2D eigenvalue weighted by molar-refractivity contribution is 5.26. The molecular weight excluding hydrogens is 168 g/mol. The van der Waals surface area contributed by atoms with Crippen LogP contribution in [-0.4, -0.2) is 15.0 Å². The summed E-state index contributed by atoms with van der Waals surface area (Å²) in [6.45, 7) is 1.77. The molecule has 6 heteroatoms. The van der Waals surface area contributed by atoms with Gasteiger partial charge in [0.15, 0.2) is 0 Å². The summed E-state index contributed by atoms with van der Waals surface area (Å²) in [5.41, 5.74) is 10.7. The number of nitrogens with two attached hydrogens (primary N) is 2. The van der Waals surface area contributed by atoms with Crippen molar-refractivity contribution in [2.75, 3.05) is 11.5 Å². The first kappa shape index (κ1) is 9.19. The van der Waals surface area contributed by atoms with Crippen LogP contribution in [-0.2, 0) is 6.42 Å². The van der Waals surface area contributed by atoms with Gasteiger partial charge in [-0.2, -0.15) is 20.2 Å². The standard InChI is InChI=1S/C7H10N6/c1-4(3-8)2-5-11-6(9)13-7(10)12-5/h4H,2H2,1H3,(H4,9,10,11,12,13). The van der Waals surface area contributed by atoms with E-state index in [1.165, 1.54) is 0 Å². The van der Waals surface area contributed by atoms with Gasteiger partial charge in [-0.3, -0.25) is 0 Å². The van der Waals surface area contributed by atoms with E-state index in [9.17, 15) is 0 Å². The Morgan fingerprint density at radius 2 is 1.85 bits per heavy atom. The lowest BCUT2D eigenvalue weighted by Gasteiger charge is -2.02. The van der Waals surface area contributed by atoms with Gasteiger partial charge in [0, 0.05) is 6.42 Å². The molecule has 0 aliphatic rings. The van der Waals surface area contributed by atoms with Crippen molar-refractivity contribution < 1.29 is 0 Å². The molecule has 1 unspecified atom stereocenters. The minimum atomic E-state index is -0.152. The van der Waals surface area contributed by atoms with Gasteiger partial charge in [-0.05, 0) is 6.92 Å². The second-order valence-corrected chi connectivity index (χ2v) is 2.70. The zero-order chi connectivity index (χ0) is 9.84. The number of hydrogen-bond acceptors (Lipinski definition) is 6. The summed E-state index contributed by atoms with van der Waals surface area (Å²) >= 11 is 0. The van der Waals surface area contributed by atoms with E-state index in [-0.39, 0.29) is 17.8 Å². The third kappa shape index (κ3) is 2.56. The Labute approximate surface area is 75.6 Å². The Morgan fingerprint density at radius 3 is 2.31 bits per heavy atom. The first-order chi connectivity index (χ1) is 6.11. The van der Waals surface area contributed by atoms with Crippen molar-refractivity contribution in [1.29, 1.82) is 5.26 Å². The second-order valence-electron chi connectivity index (χ2n) is 2.70. The maximum atomic E-state index is 8.55. The predicted octanol–water partition coefficient (Wildman–Crippen LogP) is -0.262. The summed E-state index contributed by atoms with van der Waals surface area (Å²) in [5.74, 6) is 0.487. The number of aromatic nitrogens is 3. The van der Waals surface area contributed by atoms with Gasteiger partial charge in [0.2, 0.25) is 11.9 Å². The molecule has 1 heterocycles. The zero-order valence-electron chi connectivity index (χ0n) is 7.23. The van der Waals surface area contributed by atoms with Crippen molar-refractivity contribution in [3.8, 4) is 6.07 Å². The third-order valence-corrected chi connectivity index (χ3v) is 1.43. The fourth-order valence-electron chi connectivity index (χ4n) is 0.868. The number of nitrogen functional groups attached to an aromatic ring is 2. The molecule has 0 aliphatic heterocycles. The highest BCUT2D eigenvalue weighted by Gasteiger charge is 2.06. The second kappa shape index (κ2) is 3.67. The van der Waals surface area contributed by atoms with Crippen LogP contribution >= 0.6 is 0 Å². The maximum Gasteiger partial charge on any atom is 0.225 e. The van der Waals surface area contributed by atoms with Crippen LogP contribution in [0.15, 0.2) is 0 Å². The summed E-state index contributed by atoms with van der Waals surface area (Å²) in [6.07, 6.45) is 0.438. The first-order valence-electron chi connectivity index (χ1n) is 3.77. The lowest BCUT2D eigenvalue weighted by molar-refractivity contribution is 0.697. The molecule has 6 nitrogen and oxygen atoms in total. The number of rotatable bonds is 2. The monoisotopic (exact) mass is 178 g/mol. The molecular formula is C7H10N6. The van der Waals surface area contributed by atoms with Gasteiger partial charge in [-0.25, -0.2) is 0 Å². The van der Waals surface area contributed by atoms with Crippen LogP contribution < -0.4 is 11.5 Å². The van der Waals surface area contributed by atoms with Gasteiger partial charge >= 0.3 is 0 Å². The molecule has 1 atom stereocenters. The van der Waals surface area contributed by atoms with Crippen LogP contribution in [0.5, 0.6) is 0 Å². The molecule has 0 bridgehead atoms. The highest BCUT2D eigenvalue weighted by atomic mass is 15.1. The molecule has 0 amide bonds. The summed E-state index contributed by atoms with van der Waals surface area (Å²) in [4.78, 5) is 11.3. The molecule has 1 aromatic rings. The van der Waals surface area contributed by atoms with E-state index in [0.717, 1.165) is 0 Å². The average Bonchev–Trinajstić information content (AvgIpc) is 2.02. The Hall–Kier alpha value is -1.90. The van der Waals surface area contributed by atoms with Crippen LogP contribution in [0.25, 0.3) is 0 Å². The molecule has 0 radical (unpaired) electrons. The molecule has 0 aliphatic carbocycles. The lowest BCUT2D eigenvalue weighted by Crippen LogP contribution is -2.09. The van der Waals surface area contributed by atoms with E-state index in [1.54, 1.807) is 6.92 Å². The third-order valence-electron chi connectivity index (χ3n) is 1.43. The van der Waals surface area contributed by atoms with Crippen LogP contribution in [0.1, 0.15) is 12.7 Å². The summed E-state index contributed by atoms with van der Waals surface area (Å²) in [7, 11) is 0. The molecule has 68 valence electrons. The van der Waals surface area contributed by atoms with Crippen molar-refractivity contribution in [2.45, 2.75) is 13.3 Å². The predicted molar refractivity (Wildman–Crippen MR) is 47.1 cm³/mol. The van der Waals surface area contributed by atoms with E-state index in [2.05, 4.69) is 21.0 Å². The average molecular weight is 178 g/mol. The van der Waals surface area contributed by atoms with Crippen LogP contribution in [0.2, 0.25) is 0 Å². The molecule has 1 rings (SSSR count). The van der Waals surface area contributed by atoms with Gasteiger partial charge in [0.05, 0.1) is 12.0 Å². The van der Waals surface area contributed by atoms with Gasteiger partial charge in [-0.1, -0.05) is 0 Å². The number of hydrogen-bond donors (Lipinski definition) is 2. The van der Waals surface area contributed by atoms with E-state index < -0.39 is 0 Å². The summed E-state index contributed by atoms with van der Waals surface area (Å²) in [6, 6.07) is 2.07. The Balaban J connectivity index is 2.84. The summed E-state index contributed by atoms with van der Waals surface area (Å²) in [5, 5.41) is 8.55. The quantitative estimate of drug-likeness (QED) is 0.644. The van der Waals surface area contributed by atoms with E-state index in [1.807, 2.05) is 0 Å². The molecule has 0 saturated heterocycles. The van der Waals surface area contributed by atoms with Gasteiger partial charge in [0.25, 0.3) is 0 Å². The Kier molecular flexibility index (Phi) is 2.59. The SMILES string of the molecule is CC(C#N)Cc1nc(N)nc(N)n1. The molecule has 0 aromatic carbocycles. The largest absolute Gasteiger partial charge is 0.368 e. The van der Waals surface area contributed by atoms with Gasteiger partial charge in [-0.15, -0.1) is 0 Å². The lowest BCUT2D eigenvalue weighted by atomic mass is 10.1. The number of nitriles is 1.